The van der Waals surface area contributed by atoms with Crippen LogP contribution in [0.1, 0.15) is 34.1 Å². The lowest BCUT2D eigenvalue weighted by atomic mass is 10.0. The zero-order valence-corrected chi connectivity index (χ0v) is 11.6. The predicted octanol–water partition coefficient (Wildman–Crippen LogP) is 1.01. The fourth-order valence-corrected chi connectivity index (χ4v) is 1.39. The summed E-state index contributed by atoms with van der Waals surface area (Å²) in [6.45, 7) is 7.41. The SMILES string of the molecule is CC(C)C[C@@H](N)C(=O)N[C@H](C(=O)O)C(C)C.Cl. The minimum atomic E-state index is -1.03. The van der Waals surface area contributed by atoms with Crippen LogP contribution in [0.5, 0.6) is 0 Å². The third-order valence-corrected chi connectivity index (χ3v) is 2.29. The molecule has 0 aliphatic rings. The number of hydrogen-bond acceptors (Lipinski definition) is 3. The van der Waals surface area contributed by atoms with Crippen LogP contribution >= 0.6 is 12.4 Å². The first-order valence-corrected chi connectivity index (χ1v) is 5.54. The number of carbonyl (C=O) groups is 2. The molecule has 4 N–H and O–H groups in total. The standard InChI is InChI=1S/C11H22N2O3.ClH/c1-6(2)5-8(12)10(14)13-9(7(3)4)11(15)16;/h6-9H,5,12H2,1-4H3,(H,13,14)(H,15,16);1H/t8-,9+;/m1./s1. The average Bonchev–Trinajstić information content (AvgIpc) is 2.11. The monoisotopic (exact) mass is 266 g/mol. The minimum absolute atomic E-state index is 0. The number of rotatable bonds is 6. The summed E-state index contributed by atoms with van der Waals surface area (Å²) in [4.78, 5) is 22.5. The van der Waals surface area contributed by atoms with Gasteiger partial charge in [0.15, 0.2) is 0 Å². The Kier molecular flexibility index (Phi) is 9.06. The summed E-state index contributed by atoms with van der Waals surface area (Å²) < 4.78 is 0. The number of aliphatic carboxylic acids is 1. The molecule has 0 fully saturated rings. The van der Waals surface area contributed by atoms with Gasteiger partial charge in [0.1, 0.15) is 6.04 Å². The van der Waals surface area contributed by atoms with E-state index in [9.17, 15) is 9.59 Å². The van der Waals surface area contributed by atoms with Crippen LogP contribution in [-0.2, 0) is 9.59 Å². The zero-order chi connectivity index (χ0) is 12.9. The Bertz CT molecular complexity index is 257. The number of carbonyl (C=O) groups excluding carboxylic acids is 1. The highest BCUT2D eigenvalue weighted by atomic mass is 35.5. The van der Waals surface area contributed by atoms with E-state index < -0.39 is 24.0 Å². The van der Waals surface area contributed by atoms with Gasteiger partial charge in [-0.2, -0.15) is 0 Å². The summed E-state index contributed by atoms with van der Waals surface area (Å²) in [6.07, 6.45) is 0.552. The van der Waals surface area contributed by atoms with E-state index in [0.29, 0.717) is 12.3 Å². The van der Waals surface area contributed by atoms with Gasteiger partial charge in [0.05, 0.1) is 6.04 Å². The Balaban J connectivity index is 0. The number of carboxylic acid groups (broad SMARTS) is 1. The number of nitrogens with two attached hydrogens (primary N) is 1. The highest BCUT2D eigenvalue weighted by Crippen LogP contribution is 2.05. The normalized spacial score (nSPS) is 14.1. The van der Waals surface area contributed by atoms with Crippen LogP contribution in [-0.4, -0.2) is 29.1 Å². The quantitative estimate of drug-likeness (QED) is 0.669. The van der Waals surface area contributed by atoms with Gasteiger partial charge in [-0.15, -0.1) is 12.4 Å². The summed E-state index contributed by atoms with van der Waals surface area (Å²) in [6, 6.07) is -1.51. The third kappa shape index (κ3) is 7.18. The lowest BCUT2D eigenvalue weighted by Crippen LogP contribution is -2.50. The maximum absolute atomic E-state index is 11.6. The Hall–Kier alpha value is -0.810. The van der Waals surface area contributed by atoms with Crippen molar-refractivity contribution < 1.29 is 14.7 Å². The van der Waals surface area contributed by atoms with Crippen LogP contribution in [0.25, 0.3) is 0 Å². The Morgan fingerprint density at radius 1 is 1.24 bits per heavy atom. The van der Waals surface area contributed by atoms with Gasteiger partial charge in [-0.05, 0) is 18.3 Å². The molecule has 0 aromatic heterocycles. The van der Waals surface area contributed by atoms with Crippen molar-refractivity contribution >= 4 is 24.3 Å². The smallest absolute Gasteiger partial charge is 0.326 e. The van der Waals surface area contributed by atoms with E-state index in [1.807, 2.05) is 13.8 Å². The van der Waals surface area contributed by atoms with Crippen molar-refractivity contribution in [2.24, 2.45) is 17.6 Å². The molecule has 0 radical (unpaired) electrons. The number of halogens is 1. The lowest BCUT2D eigenvalue weighted by molar-refractivity contribution is -0.143. The van der Waals surface area contributed by atoms with E-state index in [-0.39, 0.29) is 18.3 Å². The van der Waals surface area contributed by atoms with E-state index in [1.165, 1.54) is 0 Å². The van der Waals surface area contributed by atoms with Gasteiger partial charge in [0.25, 0.3) is 0 Å². The molecule has 0 spiro atoms. The molecule has 0 saturated heterocycles. The number of hydrogen-bond donors (Lipinski definition) is 3. The van der Waals surface area contributed by atoms with Crippen molar-refractivity contribution in [2.45, 2.75) is 46.2 Å². The van der Waals surface area contributed by atoms with Crippen molar-refractivity contribution in [1.82, 2.24) is 5.32 Å². The maximum atomic E-state index is 11.6. The van der Waals surface area contributed by atoms with Gasteiger partial charge in [0, 0.05) is 0 Å². The van der Waals surface area contributed by atoms with Crippen LogP contribution < -0.4 is 11.1 Å². The van der Waals surface area contributed by atoms with E-state index in [2.05, 4.69) is 5.32 Å². The third-order valence-electron chi connectivity index (χ3n) is 2.29. The summed E-state index contributed by atoms with van der Waals surface area (Å²) in [5.74, 6) is -1.27. The van der Waals surface area contributed by atoms with Gasteiger partial charge < -0.3 is 16.2 Å². The van der Waals surface area contributed by atoms with E-state index in [4.69, 9.17) is 10.8 Å². The van der Waals surface area contributed by atoms with E-state index >= 15 is 0 Å². The van der Waals surface area contributed by atoms with Crippen LogP contribution in [0.4, 0.5) is 0 Å². The Morgan fingerprint density at radius 3 is 2.00 bits per heavy atom. The second-order valence-corrected chi connectivity index (χ2v) is 4.80. The molecule has 6 heteroatoms. The molecular formula is C11H23ClN2O3. The fraction of sp³-hybridized carbons (Fsp3) is 0.818. The molecular weight excluding hydrogens is 244 g/mol. The summed E-state index contributed by atoms with van der Waals surface area (Å²) >= 11 is 0. The maximum Gasteiger partial charge on any atom is 0.326 e. The molecule has 0 saturated carbocycles. The van der Waals surface area contributed by atoms with Gasteiger partial charge in [0.2, 0.25) is 5.91 Å². The molecule has 0 aromatic carbocycles. The molecule has 0 unspecified atom stereocenters. The number of carboxylic acids is 1. The van der Waals surface area contributed by atoms with Crippen LogP contribution in [0, 0.1) is 11.8 Å². The van der Waals surface area contributed by atoms with Crippen LogP contribution in [0.3, 0.4) is 0 Å². The largest absolute Gasteiger partial charge is 0.480 e. The van der Waals surface area contributed by atoms with Crippen molar-refractivity contribution in [1.29, 1.82) is 0 Å². The van der Waals surface area contributed by atoms with E-state index in [0.717, 1.165) is 0 Å². The van der Waals surface area contributed by atoms with E-state index in [1.54, 1.807) is 13.8 Å². The van der Waals surface area contributed by atoms with Crippen molar-refractivity contribution in [3.63, 3.8) is 0 Å². The molecule has 0 aromatic rings. The average molecular weight is 267 g/mol. The first-order chi connectivity index (χ1) is 7.25. The molecule has 102 valence electrons. The number of amides is 1. The summed E-state index contributed by atoms with van der Waals surface area (Å²) in [5, 5.41) is 11.4. The van der Waals surface area contributed by atoms with Gasteiger partial charge in [-0.1, -0.05) is 27.7 Å². The topological polar surface area (TPSA) is 92.4 Å². The first-order valence-electron chi connectivity index (χ1n) is 5.54. The predicted molar refractivity (Wildman–Crippen MR) is 69.1 cm³/mol. The van der Waals surface area contributed by atoms with Crippen molar-refractivity contribution in [2.75, 3.05) is 0 Å². The molecule has 5 nitrogen and oxygen atoms in total. The Morgan fingerprint density at radius 2 is 1.71 bits per heavy atom. The van der Waals surface area contributed by atoms with Gasteiger partial charge >= 0.3 is 5.97 Å². The second kappa shape index (κ2) is 8.31. The molecule has 1 amide bonds. The highest BCUT2D eigenvalue weighted by Gasteiger charge is 2.25. The van der Waals surface area contributed by atoms with Crippen molar-refractivity contribution in [3.05, 3.63) is 0 Å². The molecule has 0 bridgehead atoms. The summed E-state index contributed by atoms with van der Waals surface area (Å²) in [5.41, 5.74) is 5.66. The van der Waals surface area contributed by atoms with Gasteiger partial charge in [-0.3, -0.25) is 4.79 Å². The highest BCUT2D eigenvalue weighted by molar-refractivity contribution is 5.86. The number of nitrogens with one attached hydrogen (secondary N) is 1. The lowest BCUT2D eigenvalue weighted by Gasteiger charge is -2.21. The fourth-order valence-electron chi connectivity index (χ4n) is 1.39. The van der Waals surface area contributed by atoms with Crippen molar-refractivity contribution in [3.8, 4) is 0 Å². The van der Waals surface area contributed by atoms with Gasteiger partial charge in [-0.25, -0.2) is 4.79 Å². The van der Waals surface area contributed by atoms with Crippen LogP contribution in [0.2, 0.25) is 0 Å². The molecule has 2 atom stereocenters. The minimum Gasteiger partial charge on any atom is -0.480 e. The first kappa shape index (κ1) is 18.6. The molecule has 0 aliphatic heterocycles. The molecule has 0 heterocycles. The molecule has 0 rings (SSSR count). The zero-order valence-electron chi connectivity index (χ0n) is 10.8. The van der Waals surface area contributed by atoms with Crippen LogP contribution in [0.15, 0.2) is 0 Å². The summed E-state index contributed by atoms with van der Waals surface area (Å²) in [7, 11) is 0. The molecule has 17 heavy (non-hydrogen) atoms. The Labute approximate surface area is 109 Å². The molecule has 0 aliphatic carbocycles. The second-order valence-electron chi connectivity index (χ2n) is 4.80.